The summed E-state index contributed by atoms with van der Waals surface area (Å²) in [7, 11) is -7.91. The number of hydrogen-bond donors (Lipinski definition) is 2. The Balaban J connectivity index is 1.53. The van der Waals surface area contributed by atoms with Crippen LogP contribution in [0.25, 0.3) is 0 Å². The molecule has 11 heteroatoms. The van der Waals surface area contributed by atoms with Gasteiger partial charge in [-0.05, 0) is 98.5 Å². The van der Waals surface area contributed by atoms with Gasteiger partial charge in [-0.25, -0.2) is 16.8 Å². The number of carbonyl (C=O) groups excluding carboxylic acids is 1. The van der Waals surface area contributed by atoms with Crippen molar-refractivity contribution in [3.05, 3.63) is 77.4 Å². The van der Waals surface area contributed by atoms with Crippen molar-refractivity contribution in [2.75, 3.05) is 28.8 Å². The monoisotopic (exact) mass is 587 g/mol. The van der Waals surface area contributed by atoms with Crippen molar-refractivity contribution in [3.8, 4) is 0 Å². The SMILES string of the molecule is CSc1ccc(S(=O)(=O)Nc2ccc(S(=O)(=O)Nc3cc(C)ccc3C)cc2)cc1C(=O)N1CCC(C)CC1. The number of aryl methyl sites for hydroxylation is 2. The maximum Gasteiger partial charge on any atom is 0.261 e. The first-order valence-corrected chi connectivity index (χ1v) is 16.8. The lowest BCUT2D eigenvalue weighted by molar-refractivity contribution is 0.0693. The van der Waals surface area contributed by atoms with Gasteiger partial charge in [0.15, 0.2) is 0 Å². The van der Waals surface area contributed by atoms with Crippen molar-refractivity contribution >= 4 is 49.1 Å². The zero-order valence-electron chi connectivity index (χ0n) is 22.4. The quantitative estimate of drug-likeness (QED) is 0.337. The first kappa shape index (κ1) is 29.0. The zero-order valence-corrected chi connectivity index (χ0v) is 24.8. The van der Waals surface area contributed by atoms with Gasteiger partial charge in [-0.15, -0.1) is 11.8 Å². The molecule has 0 aliphatic carbocycles. The Morgan fingerprint density at radius 3 is 2.10 bits per heavy atom. The summed E-state index contributed by atoms with van der Waals surface area (Å²) in [6, 6.07) is 15.5. The van der Waals surface area contributed by atoms with E-state index in [1.165, 1.54) is 48.2 Å². The van der Waals surface area contributed by atoms with E-state index < -0.39 is 20.0 Å². The zero-order chi connectivity index (χ0) is 28.4. The van der Waals surface area contributed by atoms with Crippen molar-refractivity contribution in [1.82, 2.24) is 4.90 Å². The molecule has 0 atom stereocenters. The highest BCUT2D eigenvalue weighted by atomic mass is 32.2. The standard InChI is InChI=1S/C28H33N3O5S3/c1-19-13-15-31(16-14-19)28(32)25-18-24(11-12-27(25)37-4)39(35,36)29-22-7-9-23(10-8-22)38(33,34)30-26-17-20(2)5-6-21(26)3/h5-12,17-19,29-30H,13-16H2,1-4H3. The summed E-state index contributed by atoms with van der Waals surface area (Å²) in [5.41, 5.74) is 2.75. The van der Waals surface area contributed by atoms with E-state index in [1.807, 2.05) is 32.2 Å². The van der Waals surface area contributed by atoms with Crippen LogP contribution in [0.2, 0.25) is 0 Å². The van der Waals surface area contributed by atoms with Crippen molar-refractivity contribution in [1.29, 1.82) is 0 Å². The number of benzene rings is 3. The number of rotatable bonds is 8. The molecule has 1 fully saturated rings. The van der Waals surface area contributed by atoms with Crippen molar-refractivity contribution in [2.45, 2.75) is 48.3 Å². The Morgan fingerprint density at radius 1 is 0.846 bits per heavy atom. The first-order chi connectivity index (χ1) is 18.4. The van der Waals surface area contributed by atoms with Crippen LogP contribution < -0.4 is 9.44 Å². The van der Waals surface area contributed by atoms with Gasteiger partial charge in [-0.1, -0.05) is 19.1 Å². The minimum Gasteiger partial charge on any atom is -0.339 e. The molecule has 8 nitrogen and oxygen atoms in total. The third-order valence-electron chi connectivity index (χ3n) is 6.84. The Hall–Kier alpha value is -3.02. The average Bonchev–Trinajstić information content (AvgIpc) is 2.90. The van der Waals surface area contributed by atoms with Crippen LogP contribution in [0.1, 0.15) is 41.3 Å². The lowest BCUT2D eigenvalue weighted by atomic mass is 9.98. The molecule has 2 N–H and O–H groups in total. The molecule has 1 aliphatic heterocycles. The third kappa shape index (κ3) is 6.77. The van der Waals surface area contributed by atoms with Gasteiger partial charge < -0.3 is 4.90 Å². The van der Waals surface area contributed by atoms with Crippen molar-refractivity contribution in [3.63, 3.8) is 0 Å². The van der Waals surface area contributed by atoms with Crippen molar-refractivity contribution in [2.24, 2.45) is 5.92 Å². The van der Waals surface area contributed by atoms with Gasteiger partial charge in [0.25, 0.3) is 26.0 Å². The lowest BCUT2D eigenvalue weighted by Crippen LogP contribution is -2.38. The van der Waals surface area contributed by atoms with Gasteiger partial charge in [0, 0.05) is 23.7 Å². The molecule has 1 amide bonds. The Labute approximate surface area is 235 Å². The third-order valence-corrected chi connectivity index (χ3v) is 10.4. The number of anilines is 2. The number of nitrogens with one attached hydrogen (secondary N) is 2. The molecular formula is C28H33N3O5S3. The summed E-state index contributed by atoms with van der Waals surface area (Å²) < 4.78 is 57.3. The highest BCUT2D eigenvalue weighted by Crippen LogP contribution is 2.28. The van der Waals surface area contributed by atoms with Crippen LogP contribution in [0.3, 0.4) is 0 Å². The Bertz CT molecular complexity index is 1580. The molecule has 1 aliphatic rings. The van der Waals surface area contributed by atoms with E-state index in [-0.39, 0.29) is 21.4 Å². The maximum atomic E-state index is 13.3. The molecule has 1 heterocycles. The molecule has 0 unspecified atom stereocenters. The topological polar surface area (TPSA) is 113 Å². The predicted molar refractivity (Wildman–Crippen MR) is 156 cm³/mol. The minimum absolute atomic E-state index is 0.000546. The van der Waals surface area contributed by atoms with Gasteiger partial charge in [0.05, 0.1) is 21.0 Å². The highest BCUT2D eigenvalue weighted by Gasteiger charge is 2.26. The average molecular weight is 588 g/mol. The first-order valence-electron chi connectivity index (χ1n) is 12.6. The van der Waals surface area contributed by atoms with Gasteiger partial charge in [-0.2, -0.15) is 0 Å². The lowest BCUT2D eigenvalue weighted by Gasteiger charge is -2.30. The van der Waals surface area contributed by atoms with E-state index in [0.29, 0.717) is 35.2 Å². The van der Waals surface area contributed by atoms with Crippen LogP contribution in [0.15, 0.2) is 75.4 Å². The van der Waals surface area contributed by atoms with Gasteiger partial charge >= 0.3 is 0 Å². The van der Waals surface area contributed by atoms with Crippen LogP contribution in [0, 0.1) is 19.8 Å². The van der Waals surface area contributed by atoms with E-state index >= 15 is 0 Å². The van der Waals surface area contributed by atoms with Crippen LogP contribution in [-0.2, 0) is 20.0 Å². The fourth-order valence-electron chi connectivity index (χ4n) is 4.37. The smallest absolute Gasteiger partial charge is 0.261 e. The van der Waals surface area contributed by atoms with Crippen LogP contribution in [0.5, 0.6) is 0 Å². The molecule has 0 spiro atoms. The molecule has 39 heavy (non-hydrogen) atoms. The highest BCUT2D eigenvalue weighted by molar-refractivity contribution is 7.98. The van der Waals surface area contributed by atoms with Gasteiger partial charge in [-0.3, -0.25) is 14.2 Å². The number of piperidine rings is 1. The molecule has 4 rings (SSSR count). The predicted octanol–water partition coefficient (Wildman–Crippen LogP) is 5.50. The largest absolute Gasteiger partial charge is 0.339 e. The number of likely N-dealkylation sites (tertiary alicyclic amines) is 1. The molecule has 0 bridgehead atoms. The Kier molecular flexibility index (Phi) is 8.63. The van der Waals surface area contributed by atoms with Crippen molar-refractivity contribution < 1.29 is 21.6 Å². The second kappa shape index (κ2) is 11.6. The molecule has 208 valence electrons. The summed E-state index contributed by atoms with van der Waals surface area (Å²) in [5.74, 6) is 0.392. The fourth-order valence-corrected chi connectivity index (χ4v) is 7.15. The number of thioether (sulfide) groups is 1. The summed E-state index contributed by atoms with van der Waals surface area (Å²) in [5, 5.41) is 0. The van der Waals surface area contributed by atoms with E-state index in [2.05, 4.69) is 16.4 Å². The summed E-state index contributed by atoms with van der Waals surface area (Å²) >= 11 is 1.39. The summed E-state index contributed by atoms with van der Waals surface area (Å²) in [6.45, 7) is 7.15. The normalized spacial score (nSPS) is 14.7. The van der Waals surface area contributed by atoms with E-state index in [4.69, 9.17) is 0 Å². The fraction of sp³-hybridized carbons (Fsp3) is 0.321. The minimum atomic E-state index is -4.04. The molecule has 3 aromatic carbocycles. The molecule has 3 aromatic rings. The van der Waals surface area contributed by atoms with E-state index in [0.717, 1.165) is 24.0 Å². The number of sulfonamides is 2. The van der Waals surface area contributed by atoms with Crippen LogP contribution in [0.4, 0.5) is 11.4 Å². The van der Waals surface area contributed by atoms with Crippen LogP contribution >= 0.6 is 11.8 Å². The molecule has 0 saturated carbocycles. The van der Waals surface area contributed by atoms with E-state index in [1.54, 1.807) is 17.0 Å². The number of hydrogen-bond acceptors (Lipinski definition) is 6. The summed E-state index contributed by atoms with van der Waals surface area (Å²) in [6.07, 6.45) is 3.69. The van der Waals surface area contributed by atoms with Gasteiger partial charge in [0.1, 0.15) is 0 Å². The molecular weight excluding hydrogens is 555 g/mol. The molecule has 1 saturated heterocycles. The second-order valence-corrected chi connectivity index (χ2v) is 14.1. The molecule has 0 aromatic heterocycles. The number of carbonyl (C=O) groups is 1. The second-order valence-electron chi connectivity index (χ2n) is 9.89. The molecule has 0 radical (unpaired) electrons. The van der Waals surface area contributed by atoms with Crippen LogP contribution in [-0.4, -0.2) is 47.0 Å². The number of nitrogens with zero attached hydrogens (tertiary/aromatic N) is 1. The van der Waals surface area contributed by atoms with E-state index in [9.17, 15) is 21.6 Å². The maximum absolute atomic E-state index is 13.3. The Morgan fingerprint density at radius 2 is 1.46 bits per heavy atom. The summed E-state index contributed by atoms with van der Waals surface area (Å²) in [4.78, 5) is 15.7. The number of amides is 1. The van der Waals surface area contributed by atoms with Gasteiger partial charge in [0.2, 0.25) is 0 Å².